The van der Waals surface area contributed by atoms with Crippen molar-refractivity contribution in [3.8, 4) is 0 Å². The predicted octanol–water partition coefficient (Wildman–Crippen LogP) is 8.28. The number of nitrogens with zero attached hydrogens (tertiary/aromatic N) is 4. The van der Waals surface area contributed by atoms with E-state index in [4.69, 9.17) is 19.8 Å². The molecule has 0 N–H and O–H groups in total. The molecule has 48 heavy (non-hydrogen) atoms. The molecule has 0 unspecified atom stereocenters. The summed E-state index contributed by atoms with van der Waals surface area (Å²) in [6.07, 6.45) is 3.97. The summed E-state index contributed by atoms with van der Waals surface area (Å²) in [5.41, 5.74) is 7.64. The number of allylic oxidation sites excluding steroid dienone is 4. The van der Waals surface area contributed by atoms with Crippen LogP contribution in [0.3, 0.4) is 0 Å². The van der Waals surface area contributed by atoms with Crippen molar-refractivity contribution in [1.82, 2.24) is 0 Å². The first kappa shape index (κ1) is 45.7. The monoisotopic (exact) mass is 828 g/mol. The number of carboxylic acids is 2. The van der Waals surface area contributed by atoms with Crippen molar-refractivity contribution in [1.29, 1.82) is 0 Å². The average Bonchev–Trinajstić information content (AvgIpc) is 2.99. The average molecular weight is 830 g/mol. The van der Waals surface area contributed by atoms with Gasteiger partial charge in [-0.1, -0.05) is 123 Å². The number of aliphatic carboxylic acids is 2. The second-order valence-electron chi connectivity index (χ2n) is 9.63. The van der Waals surface area contributed by atoms with Crippen LogP contribution in [0.5, 0.6) is 0 Å². The molecule has 0 atom stereocenters. The first-order chi connectivity index (χ1) is 21.9. The van der Waals surface area contributed by atoms with Gasteiger partial charge >= 0.3 is 40.8 Å². The van der Waals surface area contributed by atoms with Crippen LogP contribution in [-0.2, 0) is 50.4 Å². The van der Waals surface area contributed by atoms with E-state index in [-0.39, 0.29) is 40.8 Å². The molecule has 0 aliphatic carbocycles. The van der Waals surface area contributed by atoms with Crippen LogP contribution in [-0.4, -0.2) is 23.4 Å². The van der Waals surface area contributed by atoms with Crippen LogP contribution in [0.25, 0.3) is 10.6 Å². The Morgan fingerprint density at radius 1 is 0.479 bits per heavy atom. The molecule has 8 nitrogen and oxygen atoms in total. The van der Waals surface area contributed by atoms with Crippen LogP contribution in [0.1, 0.15) is 41.5 Å². The van der Waals surface area contributed by atoms with Crippen LogP contribution >= 0.6 is 0 Å². The standard InChI is InChI=1S/2C17H17N2.2C2H4O2.2Pd/c2*1-14(18-16-9-5-3-6-10-16)13-15(2)19-17-11-7-4-8-12-17;2*1-2(3)4;;/h2*3-13H,1-2H3;2*1H3,(H,3,4);;/q2*-1;;;2*+2/p-2/b2*14-13-,19-15?;;;;. The molecule has 4 rings (SSSR count). The van der Waals surface area contributed by atoms with Crippen LogP contribution in [0, 0.1) is 0 Å². The number of carboxylic acid groups (broad SMARTS) is 2. The number of hydrogen-bond donors (Lipinski definition) is 0. The minimum Gasteiger partial charge on any atom is -0.661 e. The Morgan fingerprint density at radius 3 is 0.958 bits per heavy atom. The Kier molecular flexibility index (Phi) is 26.3. The molecule has 4 aromatic carbocycles. The van der Waals surface area contributed by atoms with Crippen molar-refractivity contribution in [2.24, 2.45) is 9.98 Å². The fraction of sp³-hybridized carbons (Fsp3) is 0.158. The first-order valence-electron chi connectivity index (χ1n) is 14.4. The van der Waals surface area contributed by atoms with Gasteiger partial charge in [-0.15, -0.1) is 11.4 Å². The maximum Gasteiger partial charge on any atom is 2.00 e. The zero-order chi connectivity index (χ0) is 34.2. The second kappa shape index (κ2) is 27.7. The zero-order valence-corrected chi connectivity index (χ0v) is 30.9. The number of rotatable bonds is 8. The normalized spacial score (nSPS) is 10.8. The van der Waals surface area contributed by atoms with Crippen LogP contribution in [0.2, 0.25) is 0 Å². The maximum absolute atomic E-state index is 8.89. The zero-order valence-electron chi connectivity index (χ0n) is 27.8. The summed E-state index contributed by atoms with van der Waals surface area (Å²) in [4.78, 5) is 26.8. The molecule has 0 saturated heterocycles. The minimum atomic E-state index is -1.08. The second-order valence-corrected chi connectivity index (χ2v) is 9.63. The topological polar surface area (TPSA) is 133 Å². The van der Waals surface area contributed by atoms with Crippen molar-refractivity contribution in [2.75, 3.05) is 0 Å². The Hall–Kier alpha value is -4.44. The van der Waals surface area contributed by atoms with E-state index in [1.54, 1.807) is 0 Å². The van der Waals surface area contributed by atoms with Crippen molar-refractivity contribution >= 4 is 46.1 Å². The van der Waals surface area contributed by atoms with E-state index in [0.717, 1.165) is 59.4 Å². The quantitative estimate of drug-likeness (QED) is 0.131. The fourth-order valence-electron chi connectivity index (χ4n) is 3.56. The maximum atomic E-state index is 8.89. The minimum absolute atomic E-state index is 0. The molecule has 0 saturated carbocycles. The van der Waals surface area contributed by atoms with Gasteiger partial charge in [0.15, 0.2) is 0 Å². The molecule has 0 heterocycles. The van der Waals surface area contributed by atoms with E-state index >= 15 is 0 Å². The van der Waals surface area contributed by atoms with E-state index in [0.29, 0.717) is 0 Å². The Labute approximate surface area is 312 Å². The molecule has 0 aromatic heterocycles. The van der Waals surface area contributed by atoms with E-state index < -0.39 is 11.9 Å². The van der Waals surface area contributed by atoms with Gasteiger partial charge in [0.2, 0.25) is 0 Å². The number of carbonyl (C=O) groups is 2. The van der Waals surface area contributed by atoms with Crippen LogP contribution in [0.15, 0.2) is 155 Å². The largest absolute Gasteiger partial charge is 2.00 e. The molecule has 0 bridgehead atoms. The number of benzene rings is 4. The van der Waals surface area contributed by atoms with Gasteiger partial charge in [-0.25, -0.2) is 0 Å². The SMILES string of the molecule is CC(/C=C(/C)[N-]c1ccccc1)=Nc1ccccc1.CC(/C=C(/C)[N-]c1ccccc1)=Nc1ccccc1.CC(=O)[O-].CC(=O)[O-].[Pd+2].[Pd+2]. The van der Waals surface area contributed by atoms with Gasteiger partial charge in [-0.05, 0) is 52.0 Å². The third-order valence-corrected chi connectivity index (χ3v) is 5.08. The summed E-state index contributed by atoms with van der Waals surface area (Å²) in [6.45, 7) is 9.88. The smallest absolute Gasteiger partial charge is 0.661 e. The molecule has 0 fully saturated rings. The molecule has 0 radical (unpaired) electrons. The number of hydrogen-bond acceptors (Lipinski definition) is 6. The molecule has 0 aliphatic heterocycles. The summed E-state index contributed by atoms with van der Waals surface area (Å²) in [7, 11) is 0. The summed E-state index contributed by atoms with van der Waals surface area (Å²) in [5, 5.41) is 26.8. The Bertz CT molecular complexity index is 1450. The molecule has 10 heteroatoms. The van der Waals surface area contributed by atoms with Gasteiger partial charge in [-0.2, -0.15) is 11.4 Å². The molecular formula is C38H40N4O4Pd2. The van der Waals surface area contributed by atoms with Crippen molar-refractivity contribution < 1.29 is 60.6 Å². The van der Waals surface area contributed by atoms with Gasteiger partial charge < -0.3 is 30.4 Å². The fourth-order valence-corrected chi connectivity index (χ4v) is 3.56. The van der Waals surface area contributed by atoms with E-state index in [9.17, 15) is 0 Å². The van der Waals surface area contributed by atoms with Crippen LogP contribution in [0.4, 0.5) is 22.7 Å². The molecule has 0 spiro atoms. The summed E-state index contributed by atoms with van der Waals surface area (Å²) >= 11 is 0. The van der Waals surface area contributed by atoms with Crippen molar-refractivity contribution in [3.05, 3.63) is 156 Å². The predicted molar refractivity (Wildman–Crippen MR) is 186 cm³/mol. The van der Waals surface area contributed by atoms with Gasteiger partial charge in [0.1, 0.15) is 0 Å². The van der Waals surface area contributed by atoms with E-state index in [2.05, 4.69) is 20.6 Å². The molecule has 4 aromatic rings. The first-order valence-corrected chi connectivity index (χ1v) is 14.4. The Balaban J connectivity index is 0. The molecule has 256 valence electrons. The summed E-state index contributed by atoms with van der Waals surface area (Å²) in [5.74, 6) is -2.17. The van der Waals surface area contributed by atoms with Gasteiger partial charge in [-0.3, -0.25) is 9.98 Å². The van der Waals surface area contributed by atoms with Gasteiger partial charge in [0.25, 0.3) is 0 Å². The number of aliphatic imine (C=N–C) groups is 2. The molecule has 0 aliphatic rings. The van der Waals surface area contributed by atoms with E-state index in [1.165, 1.54) is 0 Å². The van der Waals surface area contributed by atoms with E-state index in [1.807, 2.05) is 161 Å². The van der Waals surface area contributed by atoms with Gasteiger partial charge in [0, 0.05) is 23.4 Å². The Morgan fingerprint density at radius 2 is 0.708 bits per heavy atom. The van der Waals surface area contributed by atoms with Crippen LogP contribution < -0.4 is 10.2 Å². The summed E-state index contributed by atoms with van der Waals surface area (Å²) < 4.78 is 0. The number of carbonyl (C=O) groups excluding carboxylic acids is 2. The third kappa shape index (κ3) is 25.7. The molecular weight excluding hydrogens is 789 g/mol. The third-order valence-electron chi connectivity index (χ3n) is 5.08. The van der Waals surface area contributed by atoms with Crippen molar-refractivity contribution in [2.45, 2.75) is 41.5 Å². The number of para-hydroxylation sites is 4. The molecule has 0 amide bonds. The van der Waals surface area contributed by atoms with Crippen molar-refractivity contribution in [3.63, 3.8) is 0 Å². The summed E-state index contributed by atoms with van der Waals surface area (Å²) in [6, 6.07) is 39.7. The van der Waals surface area contributed by atoms with Gasteiger partial charge in [0.05, 0.1) is 11.4 Å².